The van der Waals surface area contributed by atoms with Gasteiger partial charge in [0.15, 0.2) is 5.65 Å². The fourth-order valence-corrected chi connectivity index (χ4v) is 1.61. The number of aromatic hydroxyl groups is 1. The van der Waals surface area contributed by atoms with Gasteiger partial charge in [-0.3, -0.25) is 0 Å². The summed E-state index contributed by atoms with van der Waals surface area (Å²) in [5.41, 5.74) is 2.79. The zero-order chi connectivity index (χ0) is 11.0. The van der Waals surface area contributed by atoms with Crippen molar-refractivity contribution in [3.8, 4) is 16.9 Å². The molecule has 0 fully saturated rings. The van der Waals surface area contributed by atoms with Gasteiger partial charge in [-0.1, -0.05) is 12.1 Å². The first-order chi connectivity index (χ1) is 7.83. The third kappa shape index (κ3) is 1.40. The van der Waals surface area contributed by atoms with Gasteiger partial charge in [-0.2, -0.15) is 5.10 Å². The van der Waals surface area contributed by atoms with Crippen molar-refractivity contribution in [1.82, 2.24) is 14.6 Å². The maximum absolute atomic E-state index is 9.21. The Morgan fingerprint density at radius 1 is 1.00 bits per heavy atom. The highest BCUT2D eigenvalue weighted by Gasteiger charge is 2.00. The first-order valence-electron chi connectivity index (χ1n) is 4.92. The van der Waals surface area contributed by atoms with Crippen LogP contribution in [-0.4, -0.2) is 19.7 Å². The summed E-state index contributed by atoms with van der Waals surface area (Å²) in [6.07, 6.45) is 5.42. The van der Waals surface area contributed by atoms with Crippen LogP contribution < -0.4 is 0 Å². The molecule has 2 aromatic heterocycles. The SMILES string of the molecule is Oc1ccc(-c2cnc3ccnn3c2)cc1. The fraction of sp³-hybridized carbons (Fsp3) is 0. The van der Waals surface area contributed by atoms with E-state index < -0.39 is 0 Å². The minimum absolute atomic E-state index is 0.261. The van der Waals surface area contributed by atoms with E-state index in [9.17, 15) is 5.11 Å². The molecule has 3 aromatic rings. The standard InChI is InChI=1S/C12H9N3O/c16-11-3-1-9(2-4-11)10-7-13-12-5-6-14-15(12)8-10/h1-8,16H. The Morgan fingerprint density at radius 3 is 2.62 bits per heavy atom. The van der Waals surface area contributed by atoms with Gasteiger partial charge in [-0.05, 0) is 17.7 Å². The molecule has 4 nitrogen and oxygen atoms in total. The van der Waals surface area contributed by atoms with Gasteiger partial charge in [0.25, 0.3) is 0 Å². The third-order valence-corrected chi connectivity index (χ3v) is 2.45. The van der Waals surface area contributed by atoms with Gasteiger partial charge in [0, 0.05) is 24.0 Å². The van der Waals surface area contributed by atoms with Crippen LogP contribution in [0.3, 0.4) is 0 Å². The van der Waals surface area contributed by atoms with Crippen molar-refractivity contribution < 1.29 is 5.11 Å². The molecular formula is C12H9N3O. The van der Waals surface area contributed by atoms with Gasteiger partial charge in [-0.15, -0.1) is 0 Å². The van der Waals surface area contributed by atoms with E-state index in [-0.39, 0.29) is 5.75 Å². The first kappa shape index (κ1) is 8.91. The summed E-state index contributed by atoms with van der Waals surface area (Å²) in [7, 11) is 0. The maximum Gasteiger partial charge on any atom is 0.154 e. The number of aromatic nitrogens is 3. The molecule has 4 heteroatoms. The van der Waals surface area contributed by atoms with Crippen molar-refractivity contribution in [3.63, 3.8) is 0 Å². The molecule has 0 saturated carbocycles. The Morgan fingerprint density at radius 2 is 1.81 bits per heavy atom. The lowest BCUT2D eigenvalue weighted by molar-refractivity contribution is 0.475. The lowest BCUT2D eigenvalue weighted by Crippen LogP contribution is -1.90. The third-order valence-electron chi connectivity index (χ3n) is 2.45. The van der Waals surface area contributed by atoms with Crippen LogP contribution in [0.5, 0.6) is 5.75 Å². The van der Waals surface area contributed by atoms with Crippen LogP contribution in [0.25, 0.3) is 16.8 Å². The monoisotopic (exact) mass is 211 g/mol. The van der Waals surface area contributed by atoms with E-state index in [1.165, 1.54) is 0 Å². The molecule has 0 aliphatic carbocycles. The second-order valence-electron chi connectivity index (χ2n) is 3.52. The molecule has 0 unspecified atom stereocenters. The van der Waals surface area contributed by atoms with Gasteiger partial charge in [0.2, 0.25) is 0 Å². The van der Waals surface area contributed by atoms with Gasteiger partial charge in [-0.25, -0.2) is 9.50 Å². The van der Waals surface area contributed by atoms with E-state index in [0.29, 0.717) is 0 Å². The van der Waals surface area contributed by atoms with E-state index >= 15 is 0 Å². The largest absolute Gasteiger partial charge is 0.508 e. The molecule has 16 heavy (non-hydrogen) atoms. The van der Waals surface area contributed by atoms with Gasteiger partial charge in [0.1, 0.15) is 5.75 Å². The lowest BCUT2D eigenvalue weighted by Gasteiger charge is -2.01. The molecule has 1 aromatic carbocycles. The number of hydrogen-bond acceptors (Lipinski definition) is 3. The number of hydrogen-bond donors (Lipinski definition) is 1. The Labute approximate surface area is 91.8 Å². The Hall–Kier alpha value is -2.36. The number of benzene rings is 1. The summed E-state index contributed by atoms with van der Waals surface area (Å²) in [5.74, 6) is 0.261. The van der Waals surface area contributed by atoms with Crippen LogP contribution in [0.4, 0.5) is 0 Å². The van der Waals surface area contributed by atoms with E-state index in [2.05, 4.69) is 10.1 Å². The number of fused-ring (bicyclic) bond motifs is 1. The minimum atomic E-state index is 0.261. The second kappa shape index (κ2) is 3.34. The van der Waals surface area contributed by atoms with Crippen LogP contribution >= 0.6 is 0 Å². The number of rotatable bonds is 1. The molecule has 2 heterocycles. The van der Waals surface area contributed by atoms with Crippen LogP contribution in [0.2, 0.25) is 0 Å². The smallest absolute Gasteiger partial charge is 0.154 e. The number of phenolic OH excluding ortho intramolecular Hbond substituents is 1. The van der Waals surface area contributed by atoms with Crippen molar-refractivity contribution in [1.29, 1.82) is 0 Å². The Balaban J connectivity index is 2.14. The Bertz CT molecular complexity index is 628. The van der Waals surface area contributed by atoms with E-state index in [1.807, 2.05) is 24.4 Å². The molecule has 1 N–H and O–H groups in total. The zero-order valence-electron chi connectivity index (χ0n) is 8.41. The average Bonchev–Trinajstić information content (AvgIpc) is 2.77. The predicted molar refractivity (Wildman–Crippen MR) is 60.1 cm³/mol. The molecule has 0 radical (unpaired) electrons. The highest BCUT2D eigenvalue weighted by atomic mass is 16.3. The lowest BCUT2D eigenvalue weighted by atomic mass is 10.1. The van der Waals surface area contributed by atoms with Gasteiger partial charge >= 0.3 is 0 Å². The van der Waals surface area contributed by atoms with Crippen LogP contribution in [0, 0.1) is 0 Å². The van der Waals surface area contributed by atoms with Gasteiger partial charge < -0.3 is 5.11 Å². The summed E-state index contributed by atoms with van der Waals surface area (Å²) in [5, 5.41) is 13.3. The molecule has 0 bridgehead atoms. The van der Waals surface area contributed by atoms with Crippen molar-refractivity contribution in [3.05, 3.63) is 48.9 Å². The minimum Gasteiger partial charge on any atom is -0.508 e. The highest BCUT2D eigenvalue weighted by Crippen LogP contribution is 2.20. The van der Waals surface area contributed by atoms with Crippen LogP contribution in [0.1, 0.15) is 0 Å². The summed E-state index contributed by atoms with van der Waals surface area (Å²) in [4.78, 5) is 4.28. The molecule has 0 saturated heterocycles. The summed E-state index contributed by atoms with van der Waals surface area (Å²) in [6, 6.07) is 8.86. The average molecular weight is 211 g/mol. The van der Waals surface area contributed by atoms with E-state index in [1.54, 1.807) is 29.0 Å². The highest BCUT2D eigenvalue weighted by molar-refractivity contribution is 5.63. The molecule has 0 aliphatic rings. The molecule has 0 amide bonds. The van der Waals surface area contributed by atoms with Crippen LogP contribution in [0.15, 0.2) is 48.9 Å². The summed E-state index contributed by atoms with van der Waals surface area (Å²) in [6.45, 7) is 0. The van der Waals surface area contributed by atoms with Crippen LogP contribution in [-0.2, 0) is 0 Å². The predicted octanol–water partition coefficient (Wildman–Crippen LogP) is 2.10. The molecule has 0 spiro atoms. The second-order valence-corrected chi connectivity index (χ2v) is 3.52. The topological polar surface area (TPSA) is 50.4 Å². The van der Waals surface area contributed by atoms with Gasteiger partial charge in [0.05, 0.1) is 6.20 Å². The summed E-state index contributed by atoms with van der Waals surface area (Å²) < 4.78 is 1.72. The molecule has 78 valence electrons. The van der Waals surface area contributed by atoms with Crippen molar-refractivity contribution in [2.45, 2.75) is 0 Å². The Kier molecular flexibility index (Phi) is 1.86. The first-order valence-corrected chi connectivity index (χ1v) is 4.92. The van der Waals surface area contributed by atoms with Crippen molar-refractivity contribution in [2.24, 2.45) is 0 Å². The summed E-state index contributed by atoms with van der Waals surface area (Å²) >= 11 is 0. The molecular weight excluding hydrogens is 202 g/mol. The number of phenols is 1. The quantitative estimate of drug-likeness (QED) is 0.670. The zero-order valence-corrected chi connectivity index (χ0v) is 8.41. The van der Waals surface area contributed by atoms with Crippen molar-refractivity contribution in [2.75, 3.05) is 0 Å². The normalized spacial score (nSPS) is 10.8. The molecule has 0 atom stereocenters. The molecule has 3 rings (SSSR count). The maximum atomic E-state index is 9.21. The van der Waals surface area contributed by atoms with E-state index in [0.717, 1.165) is 16.8 Å². The van der Waals surface area contributed by atoms with E-state index in [4.69, 9.17) is 0 Å². The number of nitrogens with zero attached hydrogens (tertiary/aromatic N) is 3. The van der Waals surface area contributed by atoms with Crippen molar-refractivity contribution >= 4 is 5.65 Å². The fourth-order valence-electron chi connectivity index (χ4n) is 1.61. The molecule has 0 aliphatic heterocycles.